The molecule has 0 aromatic heterocycles. The van der Waals surface area contributed by atoms with E-state index in [-0.39, 0.29) is 5.97 Å². The Labute approximate surface area is 238 Å². The van der Waals surface area contributed by atoms with Crippen molar-refractivity contribution < 1.29 is 9.53 Å². The van der Waals surface area contributed by atoms with Crippen LogP contribution < -0.4 is 15.9 Å². The highest BCUT2D eigenvalue weighted by atomic mass is 31.1. The van der Waals surface area contributed by atoms with Gasteiger partial charge in [0.05, 0.1) is 6.61 Å². The minimum atomic E-state index is -0.790. The zero-order chi connectivity index (χ0) is 27.7. The summed E-state index contributed by atoms with van der Waals surface area (Å²) in [6.45, 7) is 4.25. The third-order valence-electron chi connectivity index (χ3n) is 6.82. The Bertz CT molecular complexity index is 1550. The Morgan fingerprint density at radius 3 is 1.85 bits per heavy atom. The van der Waals surface area contributed by atoms with Crippen molar-refractivity contribution in [1.29, 1.82) is 0 Å². The zero-order valence-corrected chi connectivity index (χ0v) is 23.9. The standard InChI is InChI=1S/C37H33O2P/c1-3-39-37(38)31(26-29-24-22-28(2)23-25-29)27-30-14-10-11-19-34(30)35-20-12-13-21-36(35)40(32-15-6-4-7-16-32)33-17-8-5-9-18-33/h4-26H,3,27H2,1-2H3/b31-26+. The molecule has 0 radical (unpaired) electrons. The van der Waals surface area contributed by atoms with E-state index in [0.717, 1.165) is 16.7 Å². The molecule has 0 aliphatic rings. The van der Waals surface area contributed by atoms with Gasteiger partial charge in [-0.05, 0) is 66.0 Å². The van der Waals surface area contributed by atoms with Gasteiger partial charge in [0, 0.05) is 12.0 Å². The Morgan fingerprint density at radius 2 is 1.23 bits per heavy atom. The van der Waals surface area contributed by atoms with Crippen LogP contribution in [0.2, 0.25) is 0 Å². The largest absolute Gasteiger partial charge is 0.463 e. The molecule has 0 saturated heterocycles. The first-order chi connectivity index (χ1) is 19.6. The number of carbonyl (C=O) groups is 1. The highest BCUT2D eigenvalue weighted by Gasteiger charge is 2.22. The van der Waals surface area contributed by atoms with E-state index in [2.05, 4.69) is 122 Å². The molecule has 0 aliphatic carbocycles. The molecule has 2 nitrogen and oxygen atoms in total. The molecule has 0 N–H and O–H groups in total. The summed E-state index contributed by atoms with van der Waals surface area (Å²) < 4.78 is 5.49. The van der Waals surface area contributed by atoms with Crippen LogP contribution in [-0.2, 0) is 16.0 Å². The van der Waals surface area contributed by atoms with Crippen LogP contribution in [0, 0.1) is 6.92 Å². The maximum absolute atomic E-state index is 13.1. The quantitative estimate of drug-likeness (QED) is 0.109. The lowest BCUT2D eigenvalue weighted by atomic mass is 9.94. The van der Waals surface area contributed by atoms with Gasteiger partial charge in [-0.2, -0.15) is 0 Å². The van der Waals surface area contributed by atoms with Crippen molar-refractivity contribution >= 4 is 35.9 Å². The second-order valence-electron chi connectivity index (χ2n) is 9.66. The van der Waals surface area contributed by atoms with Gasteiger partial charge in [-0.3, -0.25) is 0 Å². The number of carbonyl (C=O) groups excluding carboxylic acids is 1. The fraction of sp³-hybridized carbons (Fsp3) is 0.108. The third-order valence-corrected chi connectivity index (χ3v) is 9.32. The molecule has 0 amide bonds. The van der Waals surface area contributed by atoms with Gasteiger partial charge < -0.3 is 4.74 Å². The number of rotatable bonds is 9. The summed E-state index contributed by atoms with van der Waals surface area (Å²) in [5.41, 5.74) is 6.24. The Kier molecular flexibility index (Phi) is 9.01. The van der Waals surface area contributed by atoms with Crippen molar-refractivity contribution in [2.45, 2.75) is 20.3 Å². The van der Waals surface area contributed by atoms with Crippen LogP contribution >= 0.6 is 7.92 Å². The van der Waals surface area contributed by atoms with Crippen LogP contribution in [0.25, 0.3) is 17.2 Å². The second-order valence-corrected chi connectivity index (χ2v) is 11.8. The van der Waals surface area contributed by atoms with Crippen LogP contribution in [0.4, 0.5) is 0 Å². The van der Waals surface area contributed by atoms with Crippen LogP contribution in [0.15, 0.2) is 139 Å². The Balaban J connectivity index is 1.62. The van der Waals surface area contributed by atoms with Crippen LogP contribution in [-0.4, -0.2) is 12.6 Å². The Morgan fingerprint density at radius 1 is 0.675 bits per heavy atom. The molecule has 5 rings (SSSR count). The smallest absolute Gasteiger partial charge is 0.334 e. The van der Waals surface area contributed by atoms with E-state index in [9.17, 15) is 4.79 Å². The summed E-state index contributed by atoms with van der Waals surface area (Å²) >= 11 is 0. The first-order valence-corrected chi connectivity index (χ1v) is 15.0. The molecule has 40 heavy (non-hydrogen) atoms. The van der Waals surface area contributed by atoms with E-state index < -0.39 is 7.92 Å². The van der Waals surface area contributed by atoms with Crippen LogP contribution in [0.5, 0.6) is 0 Å². The third kappa shape index (κ3) is 6.47. The summed E-state index contributed by atoms with van der Waals surface area (Å²) in [6, 6.07) is 46.9. The number of hydrogen-bond donors (Lipinski definition) is 0. The first kappa shape index (κ1) is 27.3. The molecule has 0 bridgehead atoms. The van der Waals surface area contributed by atoms with Crippen LogP contribution in [0.1, 0.15) is 23.6 Å². The molecule has 5 aromatic carbocycles. The number of hydrogen-bond acceptors (Lipinski definition) is 2. The fourth-order valence-electron chi connectivity index (χ4n) is 4.89. The molecular formula is C37H33O2P. The van der Waals surface area contributed by atoms with Crippen molar-refractivity contribution in [3.05, 3.63) is 156 Å². The van der Waals surface area contributed by atoms with E-state index in [1.807, 2.05) is 31.2 Å². The van der Waals surface area contributed by atoms with Gasteiger partial charge in [0.1, 0.15) is 0 Å². The molecular weight excluding hydrogens is 507 g/mol. The van der Waals surface area contributed by atoms with E-state index >= 15 is 0 Å². The molecule has 0 spiro atoms. The highest BCUT2D eigenvalue weighted by molar-refractivity contribution is 7.80. The number of aryl methyl sites for hydroxylation is 1. The molecule has 5 aromatic rings. The summed E-state index contributed by atoms with van der Waals surface area (Å²) in [4.78, 5) is 13.1. The molecule has 0 aliphatic heterocycles. The van der Waals surface area contributed by atoms with Crippen LogP contribution in [0.3, 0.4) is 0 Å². The van der Waals surface area contributed by atoms with Crippen molar-refractivity contribution in [1.82, 2.24) is 0 Å². The SMILES string of the molecule is CCOC(=O)/C(=C/c1ccc(C)cc1)Cc1ccccc1-c1ccccc1P(c1ccccc1)c1ccccc1. The normalized spacial score (nSPS) is 11.4. The fourth-order valence-corrected chi connectivity index (χ4v) is 7.36. The average Bonchev–Trinajstić information content (AvgIpc) is 3.00. The molecule has 0 saturated carbocycles. The summed E-state index contributed by atoms with van der Waals surface area (Å²) in [5.74, 6) is -0.276. The van der Waals surface area contributed by atoms with Crippen molar-refractivity contribution in [3.63, 3.8) is 0 Å². The average molecular weight is 541 g/mol. The van der Waals surface area contributed by atoms with Crippen molar-refractivity contribution in [2.75, 3.05) is 6.61 Å². The zero-order valence-electron chi connectivity index (χ0n) is 23.0. The predicted molar refractivity (Wildman–Crippen MR) is 170 cm³/mol. The predicted octanol–water partition coefficient (Wildman–Crippen LogP) is 7.61. The molecule has 0 unspecified atom stereocenters. The number of ether oxygens (including phenoxy) is 1. The van der Waals surface area contributed by atoms with Gasteiger partial charge >= 0.3 is 5.97 Å². The summed E-state index contributed by atoms with van der Waals surface area (Å²) in [7, 11) is -0.790. The Hall–Kier alpha value is -4.26. The molecule has 198 valence electrons. The van der Waals surface area contributed by atoms with E-state index in [0.29, 0.717) is 18.6 Å². The molecule has 0 atom stereocenters. The number of benzene rings is 5. The lowest BCUT2D eigenvalue weighted by Crippen LogP contribution is -2.22. The minimum absolute atomic E-state index is 0.276. The van der Waals surface area contributed by atoms with Gasteiger partial charge in [-0.1, -0.05) is 139 Å². The lowest BCUT2D eigenvalue weighted by Gasteiger charge is -2.23. The lowest BCUT2D eigenvalue weighted by molar-refractivity contribution is -0.138. The van der Waals surface area contributed by atoms with E-state index in [1.54, 1.807) is 0 Å². The highest BCUT2D eigenvalue weighted by Crippen LogP contribution is 2.38. The maximum atomic E-state index is 13.1. The minimum Gasteiger partial charge on any atom is -0.463 e. The summed E-state index contributed by atoms with van der Waals surface area (Å²) in [6.07, 6.45) is 2.44. The van der Waals surface area contributed by atoms with Crippen molar-refractivity contribution in [2.24, 2.45) is 0 Å². The van der Waals surface area contributed by atoms with Gasteiger partial charge in [0.15, 0.2) is 0 Å². The van der Waals surface area contributed by atoms with Gasteiger partial charge in [0.25, 0.3) is 0 Å². The molecule has 0 heterocycles. The molecule has 0 fully saturated rings. The van der Waals surface area contributed by atoms with E-state index in [1.165, 1.54) is 27.0 Å². The maximum Gasteiger partial charge on any atom is 0.334 e. The first-order valence-electron chi connectivity index (χ1n) is 13.7. The number of esters is 1. The molecule has 3 heteroatoms. The van der Waals surface area contributed by atoms with Gasteiger partial charge in [-0.25, -0.2) is 4.79 Å². The van der Waals surface area contributed by atoms with Crippen molar-refractivity contribution in [3.8, 4) is 11.1 Å². The van der Waals surface area contributed by atoms with E-state index in [4.69, 9.17) is 4.74 Å². The topological polar surface area (TPSA) is 26.3 Å². The summed E-state index contributed by atoms with van der Waals surface area (Å²) in [5, 5.41) is 3.91. The van der Waals surface area contributed by atoms with Gasteiger partial charge in [-0.15, -0.1) is 0 Å². The monoisotopic (exact) mass is 540 g/mol. The second kappa shape index (κ2) is 13.2. The van der Waals surface area contributed by atoms with Gasteiger partial charge in [0.2, 0.25) is 0 Å².